The van der Waals surface area contributed by atoms with E-state index < -0.39 is 21.7 Å². The first kappa shape index (κ1) is 22.3. The van der Waals surface area contributed by atoms with E-state index in [4.69, 9.17) is 0 Å². The summed E-state index contributed by atoms with van der Waals surface area (Å²) < 4.78 is 41.3. The number of amides is 1. The van der Waals surface area contributed by atoms with Crippen molar-refractivity contribution in [1.82, 2.24) is 4.31 Å². The van der Waals surface area contributed by atoms with Gasteiger partial charge in [0, 0.05) is 23.2 Å². The standard InChI is InChI=1S/C19H23BrFN3O3S/c1-4-24(5-2)28(26,27)18-11-15(8-6-13(18)3)22-12-19(25)23-17-9-7-14(20)10-16(17)21/h6-11,22H,4-5,12H2,1-3H3,(H,23,25). The molecule has 0 fully saturated rings. The van der Waals surface area contributed by atoms with Gasteiger partial charge < -0.3 is 10.6 Å². The highest BCUT2D eigenvalue weighted by Crippen LogP contribution is 2.24. The molecule has 6 nitrogen and oxygen atoms in total. The third kappa shape index (κ3) is 5.30. The van der Waals surface area contributed by atoms with Crippen LogP contribution in [-0.4, -0.2) is 38.3 Å². The summed E-state index contributed by atoms with van der Waals surface area (Å²) >= 11 is 3.16. The highest BCUT2D eigenvalue weighted by Gasteiger charge is 2.23. The number of hydrogen-bond donors (Lipinski definition) is 2. The van der Waals surface area contributed by atoms with Crippen LogP contribution in [0.5, 0.6) is 0 Å². The lowest BCUT2D eigenvalue weighted by Crippen LogP contribution is -2.31. The molecule has 0 saturated carbocycles. The average Bonchev–Trinajstić information content (AvgIpc) is 2.64. The zero-order valence-corrected chi connectivity index (χ0v) is 18.3. The third-order valence-electron chi connectivity index (χ3n) is 4.17. The fourth-order valence-corrected chi connectivity index (χ4v) is 4.70. The second-order valence-electron chi connectivity index (χ2n) is 6.10. The molecule has 0 radical (unpaired) electrons. The Labute approximate surface area is 173 Å². The van der Waals surface area contributed by atoms with Crippen molar-refractivity contribution in [1.29, 1.82) is 0 Å². The van der Waals surface area contributed by atoms with Gasteiger partial charge in [0.1, 0.15) is 5.82 Å². The Bertz CT molecular complexity index is 963. The number of aryl methyl sites for hydroxylation is 1. The minimum Gasteiger partial charge on any atom is -0.376 e. The van der Waals surface area contributed by atoms with Gasteiger partial charge in [0.05, 0.1) is 17.1 Å². The molecule has 0 aliphatic heterocycles. The summed E-state index contributed by atoms with van der Waals surface area (Å²) in [5, 5.41) is 5.36. The van der Waals surface area contributed by atoms with Crippen molar-refractivity contribution in [2.45, 2.75) is 25.7 Å². The lowest BCUT2D eigenvalue weighted by Gasteiger charge is -2.20. The Morgan fingerprint density at radius 1 is 1.14 bits per heavy atom. The number of halogens is 2. The number of nitrogens with one attached hydrogen (secondary N) is 2. The minimum atomic E-state index is -3.61. The van der Waals surface area contributed by atoms with E-state index in [-0.39, 0.29) is 17.1 Å². The van der Waals surface area contributed by atoms with Crippen molar-refractivity contribution < 1.29 is 17.6 Å². The summed E-state index contributed by atoms with van der Waals surface area (Å²) in [7, 11) is -3.61. The number of carbonyl (C=O) groups is 1. The van der Waals surface area contributed by atoms with E-state index in [2.05, 4.69) is 26.6 Å². The molecular weight excluding hydrogens is 449 g/mol. The maximum absolute atomic E-state index is 13.8. The molecule has 28 heavy (non-hydrogen) atoms. The molecule has 0 atom stereocenters. The summed E-state index contributed by atoms with van der Waals surface area (Å²) in [6.45, 7) is 5.90. The molecule has 0 bridgehead atoms. The van der Waals surface area contributed by atoms with Crippen molar-refractivity contribution in [2.75, 3.05) is 30.3 Å². The molecule has 0 spiro atoms. The van der Waals surface area contributed by atoms with E-state index in [0.29, 0.717) is 28.8 Å². The number of nitrogens with zero attached hydrogens (tertiary/aromatic N) is 1. The van der Waals surface area contributed by atoms with Crippen molar-refractivity contribution in [3.63, 3.8) is 0 Å². The van der Waals surface area contributed by atoms with Gasteiger partial charge in [-0.2, -0.15) is 4.31 Å². The molecule has 2 aromatic rings. The third-order valence-corrected chi connectivity index (χ3v) is 6.85. The predicted octanol–water partition coefficient (Wildman–Crippen LogP) is 3.98. The van der Waals surface area contributed by atoms with Gasteiger partial charge in [0.25, 0.3) is 0 Å². The molecule has 0 heterocycles. The number of carbonyl (C=O) groups excluding carboxylic acids is 1. The Morgan fingerprint density at radius 3 is 2.43 bits per heavy atom. The topological polar surface area (TPSA) is 78.5 Å². The molecule has 9 heteroatoms. The van der Waals surface area contributed by atoms with Crippen LogP contribution >= 0.6 is 15.9 Å². The van der Waals surface area contributed by atoms with Gasteiger partial charge in [0.15, 0.2) is 0 Å². The van der Waals surface area contributed by atoms with Crippen LogP contribution in [0.4, 0.5) is 15.8 Å². The summed E-state index contributed by atoms with van der Waals surface area (Å²) in [4.78, 5) is 12.3. The van der Waals surface area contributed by atoms with Crippen LogP contribution in [0.25, 0.3) is 0 Å². The largest absolute Gasteiger partial charge is 0.376 e. The molecule has 0 aliphatic rings. The van der Waals surface area contributed by atoms with Crippen LogP contribution in [-0.2, 0) is 14.8 Å². The van der Waals surface area contributed by atoms with Crippen LogP contribution in [0.1, 0.15) is 19.4 Å². The van der Waals surface area contributed by atoms with Gasteiger partial charge >= 0.3 is 0 Å². The molecule has 1 amide bonds. The van der Waals surface area contributed by atoms with E-state index in [1.165, 1.54) is 22.5 Å². The van der Waals surface area contributed by atoms with Gasteiger partial charge in [0.2, 0.25) is 15.9 Å². The number of hydrogen-bond acceptors (Lipinski definition) is 4. The number of benzene rings is 2. The molecule has 2 rings (SSSR count). The first-order chi connectivity index (χ1) is 13.2. The second kappa shape index (κ2) is 9.49. The lowest BCUT2D eigenvalue weighted by atomic mass is 10.2. The van der Waals surface area contributed by atoms with E-state index >= 15 is 0 Å². The lowest BCUT2D eigenvalue weighted by molar-refractivity contribution is -0.114. The van der Waals surface area contributed by atoms with Crippen LogP contribution in [0, 0.1) is 12.7 Å². The van der Waals surface area contributed by atoms with E-state index in [9.17, 15) is 17.6 Å². The minimum absolute atomic E-state index is 0.0729. The summed E-state index contributed by atoms with van der Waals surface area (Å²) in [6.07, 6.45) is 0. The van der Waals surface area contributed by atoms with Crippen LogP contribution in [0.2, 0.25) is 0 Å². The van der Waals surface area contributed by atoms with Crippen molar-refractivity contribution in [3.8, 4) is 0 Å². The summed E-state index contributed by atoms with van der Waals surface area (Å²) in [5.41, 5.74) is 1.19. The van der Waals surface area contributed by atoms with E-state index in [0.717, 1.165) is 0 Å². The zero-order chi connectivity index (χ0) is 20.9. The Morgan fingerprint density at radius 2 is 1.82 bits per heavy atom. The smallest absolute Gasteiger partial charge is 0.243 e. The van der Waals surface area contributed by atoms with Crippen LogP contribution in [0.15, 0.2) is 45.8 Å². The maximum Gasteiger partial charge on any atom is 0.243 e. The SMILES string of the molecule is CCN(CC)S(=O)(=O)c1cc(NCC(=O)Nc2ccc(Br)cc2F)ccc1C. The maximum atomic E-state index is 13.8. The van der Waals surface area contributed by atoms with Gasteiger partial charge in [-0.05, 0) is 42.8 Å². The Hall–Kier alpha value is -1.97. The van der Waals surface area contributed by atoms with Crippen LogP contribution < -0.4 is 10.6 Å². The summed E-state index contributed by atoms with van der Waals surface area (Å²) in [6, 6.07) is 9.23. The van der Waals surface area contributed by atoms with Gasteiger partial charge in [-0.1, -0.05) is 35.8 Å². The highest BCUT2D eigenvalue weighted by atomic mass is 79.9. The van der Waals surface area contributed by atoms with Gasteiger partial charge in [-0.25, -0.2) is 12.8 Å². The van der Waals surface area contributed by atoms with Crippen molar-refractivity contribution >= 4 is 43.2 Å². The average molecular weight is 472 g/mol. The number of sulfonamides is 1. The summed E-state index contributed by atoms with van der Waals surface area (Å²) in [5.74, 6) is -0.999. The molecule has 0 saturated heterocycles. The van der Waals surface area contributed by atoms with E-state index in [1.807, 2.05) is 0 Å². The molecule has 2 N–H and O–H groups in total. The molecule has 2 aromatic carbocycles. The quantitative estimate of drug-likeness (QED) is 0.610. The molecule has 0 aromatic heterocycles. The predicted molar refractivity (Wildman–Crippen MR) is 113 cm³/mol. The highest BCUT2D eigenvalue weighted by molar-refractivity contribution is 9.10. The van der Waals surface area contributed by atoms with Gasteiger partial charge in [-0.3, -0.25) is 4.79 Å². The number of rotatable bonds is 8. The van der Waals surface area contributed by atoms with E-state index in [1.54, 1.807) is 39.0 Å². The molecule has 152 valence electrons. The molecular formula is C19H23BrFN3O3S. The van der Waals surface area contributed by atoms with Gasteiger partial charge in [-0.15, -0.1) is 0 Å². The first-order valence-electron chi connectivity index (χ1n) is 8.78. The second-order valence-corrected chi connectivity index (χ2v) is 8.92. The van der Waals surface area contributed by atoms with Crippen molar-refractivity contribution in [3.05, 3.63) is 52.3 Å². The molecule has 0 aliphatic carbocycles. The fraction of sp³-hybridized carbons (Fsp3) is 0.316. The number of anilines is 2. The Balaban J connectivity index is 2.12. The molecule has 0 unspecified atom stereocenters. The van der Waals surface area contributed by atoms with Crippen LogP contribution in [0.3, 0.4) is 0 Å². The monoisotopic (exact) mass is 471 g/mol. The fourth-order valence-electron chi connectivity index (χ4n) is 2.66. The zero-order valence-electron chi connectivity index (χ0n) is 15.9. The normalized spacial score (nSPS) is 11.5. The Kier molecular flexibility index (Phi) is 7.56. The first-order valence-corrected chi connectivity index (χ1v) is 11.0. The van der Waals surface area contributed by atoms with Crippen molar-refractivity contribution in [2.24, 2.45) is 0 Å².